The number of hydrogen-bond donors (Lipinski definition) is 2. The van der Waals surface area contributed by atoms with Gasteiger partial charge in [-0.1, -0.05) is 12.8 Å². The smallest absolute Gasteiger partial charge is 0.0337 e. The van der Waals surface area contributed by atoms with Gasteiger partial charge in [-0.25, -0.2) is 0 Å². The standard InChI is InChI=1S/C10H18N2.2ClH/c11-12-10-5-9(6-10,7-10)8-3-1-2-4-8;;/h8,12H,1-7,11H2;2*1H. The Morgan fingerprint density at radius 3 is 1.93 bits per heavy atom. The summed E-state index contributed by atoms with van der Waals surface area (Å²) in [5, 5.41) is 0. The first kappa shape index (κ1) is 12.6. The third-order valence-corrected chi connectivity index (χ3v) is 4.60. The van der Waals surface area contributed by atoms with E-state index >= 15 is 0 Å². The van der Waals surface area contributed by atoms with E-state index in [1.54, 1.807) is 0 Å². The summed E-state index contributed by atoms with van der Waals surface area (Å²) in [6.07, 6.45) is 10.1. The van der Waals surface area contributed by atoms with Crippen LogP contribution in [0.3, 0.4) is 0 Å². The molecule has 0 aromatic heterocycles. The molecule has 14 heavy (non-hydrogen) atoms. The van der Waals surface area contributed by atoms with Gasteiger partial charge in [-0.3, -0.25) is 11.3 Å². The molecule has 2 nitrogen and oxygen atoms in total. The molecule has 4 rings (SSSR count). The lowest BCUT2D eigenvalue weighted by Gasteiger charge is -2.73. The zero-order valence-corrected chi connectivity index (χ0v) is 10.1. The minimum Gasteiger partial charge on any atom is -0.271 e. The van der Waals surface area contributed by atoms with Gasteiger partial charge in [0, 0.05) is 5.54 Å². The maximum absolute atomic E-state index is 5.51. The number of hydrogen-bond acceptors (Lipinski definition) is 2. The first-order valence-electron chi connectivity index (χ1n) is 5.27. The highest BCUT2D eigenvalue weighted by Gasteiger charge is 2.69. The molecule has 3 N–H and O–H groups in total. The number of halogens is 2. The van der Waals surface area contributed by atoms with Gasteiger partial charge in [0.05, 0.1) is 0 Å². The van der Waals surface area contributed by atoms with Gasteiger partial charge >= 0.3 is 0 Å². The van der Waals surface area contributed by atoms with Crippen molar-refractivity contribution in [1.82, 2.24) is 5.43 Å². The minimum absolute atomic E-state index is 0. The molecule has 0 atom stereocenters. The van der Waals surface area contributed by atoms with Gasteiger partial charge < -0.3 is 0 Å². The molecule has 0 unspecified atom stereocenters. The first-order valence-corrected chi connectivity index (χ1v) is 5.27. The molecule has 0 heterocycles. The summed E-state index contributed by atoms with van der Waals surface area (Å²) in [6.45, 7) is 0. The van der Waals surface area contributed by atoms with Crippen molar-refractivity contribution in [3.63, 3.8) is 0 Å². The fourth-order valence-corrected chi connectivity index (χ4v) is 3.99. The highest BCUT2D eigenvalue weighted by atomic mass is 35.5. The van der Waals surface area contributed by atoms with Crippen molar-refractivity contribution in [2.75, 3.05) is 0 Å². The molecule has 4 fully saturated rings. The molecule has 2 bridgehead atoms. The van der Waals surface area contributed by atoms with Crippen LogP contribution in [0.4, 0.5) is 0 Å². The Kier molecular flexibility index (Phi) is 3.43. The summed E-state index contributed by atoms with van der Waals surface area (Å²) < 4.78 is 0. The van der Waals surface area contributed by atoms with E-state index in [1.165, 1.54) is 44.9 Å². The Morgan fingerprint density at radius 1 is 1.00 bits per heavy atom. The molecule has 0 saturated heterocycles. The fraction of sp³-hybridized carbons (Fsp3) is 1.00. The Bertz CT molecular complexity index is 194. The van der Waals surface area contributed by atoms with Crippen LogP contribution in [0.2, 0.25) is 0 Å². The molecule has 84 valence electrons. The number of hydrazine groups is 1. The molecule has 0 aromatic rings. The van der Waals surface area contributed by atoms with E-state index in [1.807, 2.05) is 0 Å². The summed E-state index contributed by atoms with van der Waals surface area (Å²) in [4.78, 5) is 0. The predicted octanol–water partition coefficient (Wildman–Crippen LogP) is 2.41. The zero-order valence-electron chi connectivity index (χ0n) is 8.42. The predicted molar refractivity (Wildman–Crippen MR) is 62.8 cm³/mol. The molecule has 4 aliphatic carbocycles. The van der Waals surface area contributed by atoms with Gasteiger partial charge in [-0.2, -0.15) is 0 Å². The largest absolute Gasteiger partial charge is 0.271 e. The Morgan fingerprint density at radius 2 is 1.50 bits per heavy atom. The lowest BCUT2D eigenvalue weighted by Crippen LogP contribution is -2.76. The molecule has 0 spiro atoms. The van der Waals surface area contributed by atoms with Crippen LogP contribution >= 0.6 is 24.8 Å². The van der Waals surface area contributed by atoms with Crippen molar-refractivity contribution in [2.45, 2.75) is 50.5 Å². The number of nitrogens with one attached hydrogen (secondary N) is 1. The van der Waals surface area contributed by atoms with Gasteiger partial charge in [-0.05, 0) is 43.4 Å². The number of nitrogens with two attached hydrogens (primary N) is 1. The van der Waals surface area contributed by atoms with Crippen LogP contribution in [0.5, 0.6) is 0 Å². The minimum atomic E-state index is 0. The second-order valence-corrected chi connectivity index (χ2v) is 5.30. The SMILES string of the molecule is Cl.Cl.NNC12CC(C3CCCC3)(C1)C2. The Hall–Kier alpha value is 0.500. The van der Waals surface area contributed by atoms with Crippen LogP contribution in [0.25, 0.3) is 0 Å². The summed E-state index contributed by atoms with van der Waals surface area (Å²) >= 11 is 0. The molecule has 0 aliphatic heterocycles. The van der Waals surface area contributed by atoms with E-state index in [-0.39, 0.29) is 24.8 Å². The molecular formula is C10H20Cl2N2. The van der Waals surface area contributed by atoms with Gasteiger partial charge in [-0.15, -0.1) is 24.8 Å². The maximum Gasteiger partial charge on any atom is 0.0337 e. The van der Waals surface area contributed by atoms with Crippen molar-refractivity contribution in [3.05, 3.63) is 0 Å². The van der Waals surface area contributed by atoms with Crippen molar-refractivity contribution in [2.24, 2.45) is 17.2 Å². The third kappa shape index (κ3) is 1.39. The molecule has 0 radical (unpaired) electrons. The lowest BCUT2D eigenvalue weighted by atomic mass is 9.36. The molecular weight excluding hydrogens is 219 g/mol. The zero-order chi connectivity index (χ0) is 8.23. The van der Waals surface area contributed by atoms with Crippen LogP contribution in [0.1, 0.15) is 44.9 Å². The van der Waals surface area contributed by atoms with E-state index in [9.17, 15) is 0 Å². The third-order valence-electron chi connectivity index (χ3n) is 4.60. The second kappa shape index (κ2) is 3.82. The van der Waals surface area contributed by atoms with E-state index in [0.717, 1.165) is 11.3 Å². The van der Waals surface area contributed by atoms with Gasteiger partial charge in [0.15, 0.2) is 0 Å². The fourth-order valence-electron chi connectivity index (χ4n) is 3.99. The summed E-state index contributed by atoms with van der Waals surface area (Å²) in [5.74, 6) is 6.58. The second-order valence-electron chi connectivity index (χ2n) is 5.30. The van der Waals surface area contributed by atoms with Crippen molar-refractivity contribution in [3.8, 4) is 0 Å². The summed E-state index contributed by atoms with van der Waals surface area (Å²) in [7, 11) is 0. The van der Waals surface area contributed by atoms with Crippen LogP contribution < -0.4 is 11.3 Å². The molecule has 4 heteroatoms. The first-order chi connectivity index (χ1) is 5.79. The average molecular weight is 239 g/mol. The molecule has 4 saturated carbocycles. The average Bonchev–Trinajstić information content (AvgIpc) is 2.35. The molecule has 0 amide bonds. The maximum atomic E-state index is 5.51. The molecule has 0 aromatic carbocycles. The van der Waals surface area contributed by atoms with Gasteiger partial charge in [0.2, 0.25) is 0 Å². The topological polar surface area (TPSA) is 38.0 Å². The van der Waals surface area contributed by atoms with Crippen LogP contribution in [-0.4, -0.2) is 5.54 Å². The van der Waals surface area contributed by atoms with Gasteiger partial charge in [0.25, 0.3) is 0 Å². The van der Waals surface area contributed by atoms with Gasteiger partial charge in [0.1, 0.15) is 0 Å². The van der Waals surface area contributed by atoms with Crippen molar-refractivity contribution >= 4 is 24.8 Å². The van der Waals surface area contributed by atoms with Crippen LogP contribution in [-0.2, 0) is 0 Å². The van der Waals surface area contributed by atoms with E-state index in [0.29, 0.717) is 5.54 Å². The van der Waals surface area contributed by atoms with E-state index < -0.39 is 0 Å². The van der Waals surface area contributed by atoms with Crippen LogP contribution in [0, 0.1) is 11.3 Å². The monoisotopic (exact) mass is 238 g/mol. The van der Waals surface area contributed by atoms with Crippen LogP contribution in [0.15, 0.2) is 0 Å². The normalized spacial score (nSPS) is 44.4. The highest BCUT2D eigenvalue weighted by Crippen LogP contribution is 2.72. The number of rotatable bonds is 2. The quantitative estimate of drug-likeness (QED) is 0.573. The summed E-state index contributed by atoms with van der Waals surface area (Å²) in [5.41, 5.74) is 4.16. The van der Waals surface area contributed by atoms with E-state index in [4.69, 9.17) is 5.84 Å². The Balaban J connectivity index is 0.000000490. The molecule has 4 aliphatic rings. The van der Waals surface area contributed by atoms with Crippen molar-refractivity contribution < 1.29 is 0 Å². The summed E-state index contributed by atoms with van der Waals surface area (Å²) in [6, 6.07) is 0. The van der Waals surface area contributed by atoms with Crippen molar-refractivity contribution in [1.29, 1.82) is 0 Å². The van der Waals surface area contributed by atoms with E-state index in [2.05, 4.69) is 5.43 Å². The highest BCUT2D eigenvalue weighted by molar-refractivity contribution is 5.85. The Labute approximate surface area is 98.2 Å². The lowest BCUT2D eigenvalue weighted by molar-refractivity contribution is -0.190.